The number of nitrogens with zero attached hydrogens (tertiary/aromatic N) is 2. The fourth-order valence-electron chi connectivity index (χ4n) is 4.01. The maximum absolute atomic E-state index is 12.4. The first-order chi connectivity index (χ1) is 11.3. The highest BCUT2D eigenvalue weighted by molar-refractivity contribution is 5.94. The van der Waals surface area contributed by atoms with E-state index in [1.165, 1.54) is 24.7 Å². The second-order valence-corrected chi connectivity index (χ2v) is 6.52. The number of furan rings is 1. The van der Waals surface area contributed by atoms with Crippen molar-refractivity contribution in [3.8, 4) is 0 Å². The van der Waals surface area contributed by atoms with Crippen molar-refractivity contribution in [3.05, 3.63) is 54.2 Å². The van der Waals surface area contributed by atoms with E-state index in [0.717, 1.165) is 19.5 Å². The van der Waals surface area contributed by atoms with Crippen molar-refractivity contribution < 1.29 is 9.21 Å². The first-order valence-corrected chi connectivity index (χ1v) is 8.27. The molecular weight excluding hydrogens is 290 g/mol. The molecule has 2 aromatic heterocycles. The van der Waals surface area contributed by atoms with Gasteiger partial charge in [0.05, 0.1) is 11.8 Å². The van der Waals surface area contributed by atoms with Crippen LogP contribution in [0.25, 0.3) is 0 Å². The van der Waals surface area contributed by atoms with Crippen LogP contribution in [0.4, 0.5) is 0 Å². The van der Waals surface area contributed by atoms with Gasteiger partial charge in [0.15, 0.2) is 0 Å². The van der Waals surface area contributed by atoms with E-state index in [1.54, 1.807) is 18.5 Å². The minimum absolute atomic E-state index is 0.0336. The first-order valence-electron chi connectivity index (χ1n) is 8.27. The van der Waals surface area contributed by atoms with Gasteiger partial charge in [-0.05, 0) is 56.0 Å². The van der Waals surface area contributed by atoms with Crippen LogP contribution >= 0.6 is 0 Å². The van der Waals surface area contributed by atoms with E-state index in [4.69, 9.17) is 4.42 Å². The third kappa shape index (κ3) is 2.88. The maximum atomic E-state index is 12.4. The highest BCUT2D eigenvalue weighted by Gasteiger charge is 2.42. The van der Waals surface area contributed by atoms with Gasteiger partial charge in [0.2, 0.25) is 0 Å². The summed E-state index contributed by atoms with van der Waals surface area (Å²) in [4.78, 5) is 19.2. The van der Waals surface area contributed by atoms with E-state index in [0.29, 0.717) is 17.5 Å². The molecule has 0 unspecified atom stereocenters. The molecule has 2 atom stereocenters. The highest BCUT2D eigenvalue weighted by atomic mass is 16.3. The standard InChI is InChI=1S/C18H21N3O2/c22-18(15-5-9-23-12-15)20-17-14-3-7-21(8-4-14)16(17)10-13-2-1-6-19-11-13/h1-2,5-6,9,11-12,14,16-17H,3-4,7-8,10H2,(H,20,22)/t16-,17+/m0/s1. The normalized spacial score (nSPS) is 29.4. The molecule has 2 aromatic rings. The number of carbonyl (C=O) groups is 1. The Morgan fingerprint density at radius 1 is 1.35 bits per heavy atom. The maximum Gasteiger partial charge on any atom is 0.254 e. The Morgan fingerprint density at radius 3 is 2.91 bits per heavy atom. The van der Waals surface area contributed by atoms with Gasteiger partial charge in [0.1, 0.15) is 6.26 Å². The Labute approximate surface area is 135 Å². The number of nitrogens with one attached hydrogen (secondary N) is 1. The minimum atomic E-state index is -0.0336. The number of carbonyl (C=O) groups excluding carboxylic acids is 1. The number of hydrogen-bond donors (Lipinski definition) is 1. The smallest absolute Gasteiger partial charge is 0.254 e. The van der Waals surface area contributed by atoms with E-state index >= 15 is 0 Å². The van der Waals surface area contributed by atoms with Crippen LogP contribution in [0.15, 0.2) is 47.5 Å². The Morgan fingerprint density at radius 2 is 2.22 bits per heavy atom. The van der Waals surface area contributed by atoms with E-state index in [1.807, 2.05) is 12.3 Å². The number of amides is 1. The second kappa shape index (κ2) is 6.16. The zero-order chi connectivity index (χ0) is 15.6. The number of piperidine rings is 3. The van der Waals surface area contributed by atoms with E-state index < -0.39 is 0 Å². The SMILES string of the molecule is O=C(N[C@@H]1C2CCN(CC2)[C@H]1Cc1cccnc1)c1ccoc1. The van der Waals surface area contributed by atoms with Gasteiger partial charge in [0, 0.05) is 24.5 Å². The molecule has 0 aromatic carbocycles. The highest BCUT2D eigenvalue weighted by Crippen LogP contribution is 2.34. The third-order valence-corrected chi connectivity index (χ3v) is 5.21. The van der Waals surface area contributed by atoms with Gasteiger partial charge in [-0.2, -0.15) is 0 Å². The summed E-state index contributed by atoms with van der Waals surface area (Å²) in [5.41, 5.74) is 1.83. The van der Waals surface area contributed by atoms with E-state index in [9.17, 15) is 4.79 Å². The summed E-state index contributed by atoms with van der Waals surface area (Å²) in [6, 6.07) is 6.35. The summed E-state index contributed by atoms with van der Waals surface area (Å²) < 4.78 is 5.03. The average Bonchev–Trinajstić information content (AvgIpc) is 3.13. The van der Waals surface area contributed by atoms with Gasteiger partial charge < -0.3 is 9.73 Å². The van der Waals surface area contributed by atoms with Gasteiger partial charge in [-0.3, -0.25) is 14.7 Å². The van der Waals surface area contributed by atoms with Crippen molar-refractivity contribution in [2.45, 2.75) is 31.3 Å². The molecule has 3 fully saturated rings. The molecule has 1 N–H and O–H groups in total. The molecule has 2 bridgehead atoms. The van der Waals surface area contributed by atoms with Crippen LogP contribution in [-0.4, -0.2) is 41.0 Å². The van der Waals surface area contributed by atoms with Gasteiger partial charge in [0.25, 0.3) is 5.91 Å². The van der Waals surface area contributed by atoms with Crippen LogP contribution in [0.3, 0.4) is 0 Å². The van der Waals surface area contributed by atoms with Crippen molar-refractivity contribution in [3.63, 3.8) is 0 Å². The van der Waals surface area contributed by atoms with Crippen molar-refractivity contribution in [2.24, 2.45) is 5.92 Å². The average molecular weight is 311 g/mol. The van der Waals surface area contributed by atoms with Gasteiger partial charge in [-0.25, -0.2) is 0 Å². The number of hydrogen-bond acceptors (Lipinski definition) is 4. The Balaban J connectivity index is 1.53. The summed E-state index contributed by atoms with van der Waals surface area (Å²) in [5.74, 6) is 0.534. The zero-order valence-corrected chi connectivity index (χ0v) is 13.0. The monoisotopic (exact) mass is 311 g/mol. The van der Waals surface area contributed by atoms with E-state index in [2.05, 4.69) is 21.3 Å². The molecule has 23 heavy (non-hydrogen) atoms. The largest absolute Gasteiger partial charge is 0.472 e. The Hall–Kier alpha value is -2.14. The van der Waals surface area contributed by atoms with Crippen LogP contribution in [0.1, 0.15) is 28.8 Å². The van der Waals surface area contributed by atoms with Crippen LogP contribution in [-0.2, 0) is 6.42 Å². The third-order valence-electron chi connectivity index (χ3n) is 5.21. The lowest BCUT2D eigenvalue weighted by Crippen LogP contribution is -2.64. The summed E-state index contributed by atoms with van der Waals surface area (Å²) in [5, 5.41) is 3.26. The predicted octanol–water partition coefficient (Wildman–Crippen LogP) is 2.11. The molecule has 120 valence electrons. The van der Waals surface area contributed by atoms with Gasteiger partial charge in [-0.1, -0.05) is 6.07 Å². The lowest BCUT2D eigenvalue weighted by Gasteiger charge is -2.51. The summed E-state index contributed by atoms with van der Waals surface area (Å²) >= 11 is 0. The summed E-state index contributed by atoms with van der Waals surface area (Å²) in [6.45, 7) is 2.27. The molecule has 5 heteroatoms. The summed E-state index contributed by atoms with van der Waals surface area (Å²) in [7, 11) is 0. The summed E-state index contributed by atoms with van der Waals surface area (Å²) in [6.07, 6.45) is 10.0. The van der Waals surface area contributed by atoms with Gasteiger partial charge >= 0.3 is 0 Å². The molecular formula is C18H21N3O2. The molecule has 3 aliphatic rings. The van der Waals surface area contributed by atoms with Crippen LogP contribution in [0, 0.1) is 5.92 Å². The minimum Gasteiger partial charge on any atom is -0.472 e. The number of fused-ring (bicyclic) bond motifs is 3. The Bertz CT molecular complexity index is 648. The lowest BCUT2D eigenvalue weighted by atomic mass is 9.76. The molecule has 3 aliphatic heterocycles. The molecule has 0 aliphatic carbocycles. The fourth-order valence-corrected chi connectivity index (χ4v) is 4.01. The van der Waals surface area contributed by atoms with Crippen LogP contribution in [0.5, 0.6) is 0 Å². The van der Waals surface area contributed by atoms with Crippen molar-refractivity contribution in [1.82, 2.24) is 15.2 Å². The van der Waals surface area contributed by atoms with Crippen LogP contribution < -0.4 is 5.32 Å². The first kappa shape index (κ1) is 14.5. The second-order valence-electron chi connectivity index (χ2n) is 6.52. The topological polar surface area (TPSA) is 58.4 Å². The number of aromatic nitrogens is 1. The molecule has 0 saturated carbocycles. The fraction of sp³-hybridized carbons (Fsp3) is 0.444. The molecule has 5 nitrogen and oxygen atoms in total. The van der Waals surface area contributed by atoms with Crippen molar-refractivity contribution in [2.75, 3.05) is 13.1 Å². The molecule has 0 radical (unpaired) electrons. The number of rotatable bonds is 4. The van der Waals surface area contributed by atoms with Crippen LogP contribution in [0.2, 0.25) is 0 Å². The molecule has 1 amide bonds. The van der Waals surface area contributed by atoms with E-state index in [-0.39, 0.29) is 11.9 Å². The number of pyridine rings is 1. The quantitative estimate of drug-likeness (QED) is 0.939. The lowest BCUT2D eigenvalue weighted by molar-refractivity contribution is 0.0136. The molecule has 3 saturated heterocycles. The predicted molar refractivity (Wildman–Crippen MR) is 86.0 cm³/mol. The van der Waals surface area contributed by atoms with Crippen molar-refractivity contribution in [1.29, 1.82) is 0 Å². The van der Waals surface area contributed by atoms with Gasteiger partial charge in [-0.15, -0.1) is 0 Å². The molecule has 5 rings (SSSR count). The Kier molecular flexibility index (Phi) is 3.87. The zero-order valence-electron chi connectivity index (χ0n) is 13.0. The molecule has 5 heterocycles. The molecule has 0 spiro atoms. The van der Waals surface area contributed by atoms with Crippen molar-refractivity contribution >= 4 is 5.91 Å².